The predicted octanol–water partition coefficient (Wildman–Crippen LogP) is 2.49. The molecule has 3 nitrogen and oxygen atoms in total. The molecule has 1 aromatic rings. The Hall–Kier alpha value is -0.870. The second-order valence-electron chi connectivity index (χ2n) is 4.38. The van der Waals surface area contributed by atoms with Gasteiger partial charge < -0.3 is 10.1 Å². The molecule has 1 N–H and O–H groups in total. The van der Waals surface area contributed by atoms with Gasteiger partial charge in [-0.25, -0.2) is 0 Å². The molecule has 1 aromatic carbocycles. The van der Waals surface area contributed by atoms with Gasteiger partial charge in [0, 0.05) is 10.5 Å². The summed E-state index contributed by atoms with van der Waals surface area (Å²) in [7, 11) is 0. The first-order valence-electron chi connectivity index (χ1n) is 5.81. The molecule has 1 aliphatic heterocycles. The van der Waals surface area contributed by atoms with Crippen molar-refractivity contribution in [2.24, 2.45) is 5.92 Å². The normalized spacial score (nSPS) is 23.6. The van der Waals surface area contributed by atoms with Gasteiger partial charge in [-0.1, -0.05) is 28.1 Å². The van der Waals surface area contributed by atoms with Crippen molar-refractivity contribution in [3.63, 3.8) is 0 Å². The lowest BCUT2D eigenvalue weighted by Gasteiger charge is -2.14. The van der Waals surface area contributed by atoms with Gasteiger partial charge in [-0.3, -0.25) is 4.79 Å². The minimum absolute atomic E-state index is 0.00199. The number of benzene rings is 1. The maximum Gasteiger partial charge on any atom is 0.310 e. The average Bonchev–Trinajstić information content (AvgIpc) is 2.72. The van der Waals surface area contributed by atoms with E-state index in [1.807, 2.05) is 31.2 Å². The van der Waals surface area contributed by atoms with E-state index in [1.165, 1.54) is 0 Å². The second-order valence-corrected chi connectivity index (χ2v) is 5.29. The lowest BCUT2D eigenvalue weighted by Crippen LogP contribution is -2.29. The molecule has 2 unspecified atom stereocenters. The lowest BCUT2D eigenvalue weighted by molar-refractivity contribution is -0.150. The number of carbonyl (C=O) groups is 1. The fraction of sp³-hybridized carbons (Fsp3) is 0.462. The Morgan fingerprint density at radius 3 is 3.06 bits per heavy atom. The third kappa shape index (κ3) is 3.30. The summed E-state index contributed by atoms with van der Waals surface area (Å²) in [6.07, 6.45) is 0.873. The van der Waals surface area contributed by atoms with E-state index in [2.05, 4.69) is 21.2 Å². The third-order valence-corrected chi connectivity index (χ3v) is 3.59. The molecule has 0 saturated carbocycles. The predicted molar refractivity (Wildman–Crippen MR) is 69.5 cm³/mol. The van der Waals surface area contributed by atoms with Gasteiger partial charge in [0.15, 0.2) is 0 Å². The van der Waals surface area contributed by atoms with Crippen LogP contribution in [-0.4, -0.2) is 18.6 Å². The van der Waals surface area contributed by atoms with Gasteiger partial charge in [-0.2, -0.15) is 0 Å². The minimum Gasteiger partial charge on any atom is -0.461 e. The highest BCUT2D eigenvalue weighted by Gasteiger charge is 2.30. The van der Waals surface area contributed by atoms with E-state index in [-0.39, 0.29) is 17.9 Å². The molecule has 0 aliphatic carbocycles. The Labute approximate surface area is 110 Å². The van der Waals surface area contributed by atoms with E-state index in [1.54, 1.807) is 0 Å². The van der Waals surface area contributed by atoms with Crippen molar-refractivity contribution in [2.45, 2.75) is 26.0 Å². The van der Waals surface area contributed by atoms with Crippen LogP contribution in [0.5, 0.6) is 0 Å². The summed E-state index contributed by atoms with van der Waals surface area (Å²) in [6.45, 7) is 3.28. The van der Waals surface area contributed by atoms with Gasteiger partial charge in [0.2, 0.25) is 0 Å². The number of hydrogen-bond donors (Lipinski definition) is 1. The molecular formula is C13H16BrNO2. The fourth-order valence-electron chi connectivity index (χ4n) is 2.07. The van der Waals surface area contributed by atoms with Gasteiger partial charge in [0.05, 0.1) is 5.92 Å². The second kappa shape index (κ2) is 5.65. The maximum absolute atomic E-state index is 11.8. The molecule has 92 valence electrons. The quantitative estimate of drug-likeness (QED) is 0.871. The molecule has 0 bridgehead atoms. The lowest BCUT2D eigenvalue weighted by atomic mass is 10.0. The monoisotopic (exact) mass is 297 g/mol. The third-order valence-electron chi connectivity index (χ3n) is 3.10. The van der Waals surface area contributed by atoms with Crippen LogP contribution in [0, 0.1) is 5.92 Å². The van der Waals surface area contributed by atoms with Crippen LogP contribution in [0.2, 0.25) is 0 Å². The van der Waals surface area contributed by atoms with Crippen LogP contribution in [-0.2, 0) is 16.1 Å². The zero-order valence-corrected chi connectivity index (χ0v) is 11.4. The molecule has 2 rings (SSSR count). The molecule has 2 atom stereocenters. The Morgan fingerprint density at radius 2 is 2.41 bits per heavy atom. The van der Waals surface area contributed by atoms with Gasteiger partial charge >= 0.3 is 5.97 Å². The van der Waals surface area contributed by atoms with Crippen molar-refractivity contribution < 1.29 is 9.53 Å². The number of carbonyl (C=O) groups excluding carboxylic acids is 1. The van der Waals surface area contributed by atoms with Gasteiger partial charge in [-0.15, -0.1) is 0 Å². The fourth-order valence-corrected chi connectivity index (χ4v) is 2.52. The van der Waals surface area contributed by atoms with E-state index in [0.29, 0.717) is 6.61 Å². The minimum atomic E-state index is -0.0949. The zero-order valence-electron chi connectivity index (χ0n) is 9.78. The van der Waals surface area contributed by atoms with Crippen LogP contribution in [0.4, 0.5) is 0 Å². The SMILES string of the molecule is CC1NCCC1C(=O)OCc1cccc(Br)c1. The van der Waals surface area contributed by atoms with Gasteiger partial charge in [0.25, 0.3) is 0 Å². The van der Waals surface area contributed by atoms with Crippen molar-refractivity contribution in [1.82, 2.24) is 5.32 Å². The molecular weight excluding hydrogens is 282 g/mol. The van der Waals surface area contributed by atoms with E-state index in [9.17, 15) is 4.79 Å². The topological polar surface area (TPSA) is 38.3 Å². The molecule has 1 fully saturated rings. The van der Waals surface area contributed by atoms with E-state index >= 15 is 0 Å². The van der Waals surface area contributed by atoms with Crippen molar-refractivity contribution in [2.75, 3.05) is 6.54 Å². The van der Waals surface area contributed by atoms with Crippen molar-refractivity contribution in [3.05, 3.63) is 34.3 Å². The largest absolute Gasteiger partial charge is 0.461 e. The summed E-state index contributed by atoms with van der Waals surface area (Å²) in [5, 5.41) is 3.25. The summed E-state index contributed by atoms with van der Waals surface area (Å²) >= 11 is 3.39. The summed E-state index contributed by atoms with van der Waals surface area (Å²) < 4.78 is 6.34. The number of nitrogens with one attached hydrogen (secondary N) is 1. The Bertz CT molecular complexity index is 408. The summed E-state index contributed by atoms with van der Waals surface area (Å²) in [4.78, 5) is 11.8. The number of rotatable bonds is 3. The highest BCUT2D eigenvalue weighted by atomic mass is 79.9. The molecule has 1 aliphatic rings. The summed E-state index contributed by atoms with van der Waals surface area (Å²) in [5.41, 5.74) is 1.01. The van der Waals surface area contributed by atoms with E-state index < -0.39 is 0 Å². The first-order chi connectivity index (χ1) is 8.16. The smallest absolute Gasteiger partial charge is 0.310 e. The molecule has 0 radical (unpaired) electrons. The molecule has 17 heavy (non-hydrogen) atoms. The van der Waals surface area contributed by atoms with Crippen LogP contribution in [0.3, 0.4) is 0 Å². The van der Waals surface area contributed by atoms with E-state index in [4.69, 9.17) is 4.74 Å². The van der Waals surface area contributed by atoms with Gasteiger partial charge in [-0.05, 0) is 37.6 Å². The Balaban J connectivity index is 1.88. The zero-order chi connectivity index (χ0) is 12.3. The first kappa shape index (κ1) is 12.6. The molecule has 0 aromatic heterocycles. The average molecular weight is 298 g/mol. The highest BCUT2D eigenvalue weighted by Crippen LogP contribution is 2.18. The van der Waals surface area contributed by atoms with Crippen LogP contribution in [0.25, 0.3) is 0 Å². The first-order valence-corrected chi connectivity index (χ1v) is 6.60. The van der Waals surface area contributed by atoms with Gasteiger partial charge in [0.1, 0.15) is 6.61 Å². The highest BCUT2D eigenvalue weighted by molar-refractivity contribution is 9.10. The summed E-state index contributed by atoms with van der Waals surface area (Å²) in [5.74, 6) is -0.0929. The summed E-state index contributed by atoms with van der Waals surface area (Å²) in [6, 6.07) is 8.03. The van der Waals surface area contributed by atoms with Crippen LogP contribution < -0.4 is 5.32 Å². The van der Waals surface area contributed by atoms with Crippen molar-refractivity contribution in [3.8, 4) is 0 Å². The standard InChI is InChI=1S/C13H16BrNO2/c1-9-12(5-6-15-9)13(16)17-8-10-3-2-4-11(14)7-10/h2-4,7,9,12,15H,5-6,8H2,1H3. The number of ether oxygens (including phenoxy) is 1. The molecule has 1 saturated heterocycles. The molecule has 0 amide bonds. The molecule has 0 spiro atoms. The van der Waals surface area contributed by atoms with Crippen molar-refractivity contribution >= 4 is 21.9 Å². The number of esters is 1. The number of halogens is 1. The molecule has 4 heteroatoms. The number of hydrogen-bond acceptors (Lipinski definition) is 3. The Kier molecular flexibility index (Phi) is 4.18. The van der Waals surface area contributed by atoms with Crippen molar-refractivity contribution in [1.29, 1.82) is 0 Å². The van der Waals surface area contributed by atoms with E-state index in [0.717, 1.165) is 23.0 Å². The molecule has 1 heterocycles. The van der Waals surface area contributed by atoms with Crippen LogP contribution in [0.1, 0.15) is 18.9 Å². The maximum atomic E-state index is 11.8. The van der Waals surface area contributed by atoms with Crippen LogP contribution >= 0.6 is 15.9 Å². The Morgan fingerprint density at radius 1 is 1.59 bits per heavy atom. The van der Waals surface area contributed by atoms with Crippen LogP contribution in [0.15, 0.2) is 28.7 Å².